The van der Waals surface area contributed by atoms with Gasteiger partial charge in [-0.15, -0.1) is 0 Å². The van der Waals surface area contributed by atoms with Gasteiger partial charge in [0.1, 0.15) is 18.1 Å². The second-order valence-corrected chi connectivity index (χ2v) is 14.1. The average molecular weight is 810 g/mol. The van der Waals surface area contributed by atoms with Crippen LogP contribution in [0.5, 0.6) is 11.5 Å². The van der Waals surface area contributed by atoms with Crippen LogP contribution < -0.4 is 20.5 Å². The van der Waals surface area contributed by atoms with Crippen molar-refractivity contribution in [3.05, 3.63) is 178 Å². The van der Waals surface area contributed by atoms with E-state index in [1.165, 1.54) is 4.90 Å². The summed E-state index contributed by atoms with van der Waals surface area (Å²) in [5.41, 5.74) is 8.21. The highest BCUT2D eigenvalue weighted by Gasteiger charge is 2.46. The summed E-state index contributed by atoms with van der Waals surface area (Å²) in [6.07, 6.45) is -3.94. The number of benzene rings is 5. The number of halogens is 3. The number of carbonyl (C=O) groups is 2. The van der Waals surface area contributed by atoms with E-state index in [1.54, 1.807) is 40.2 Å². The van der Waals surface area contributed by atoms with E-state index < -0.39 is 29.5 Å². The molecular weight excluding hydrogens is 760 g/mol. The molecule has 0 aromatic heterocycles. The maximum absolute atomic E-state index is 14.0. The molecule has 0 radical (unpaired) electrons. The average Bonchev–Trinajstić information content (AvgIpc) is 3.27. The van der Waals surface area contributed by atoms with E-state index in [0.29, 0.717) is 29.0 Å². The lowest BCUT2D eigenvalue weighted by molar-refractivity contribution is -0.137. The van der Waals surface area contributed by atoms with Crippen LogP contribution in [0.15, 0.2) is 139 Å². The first-order valence-corrected chi connectivity index (χ1v) is 19.1. The fraction of sp³-hybridized carbons (Fsp3) is 0.277. The van der Waals surface area contributed by atoms with Crippen molar-refractivity contribution < 1.29 is 41.7 Å². The second kappa shape index (κ2) is 20.5. The van der Waals surface area contributed by atoms with Crippen molar-refractivity contribution in [1.82, 2.24) is 10.2 Å². The second-order valence-electron chi connectivity index (χ2n) is 14.1. The molecule has 0 bridgehead atoms. The number of carbonyl (C=O) groups excluding carboxylic acids is 2. The maximum atomic E-state index is 14.0. The number of aryl methyl sites for hydroxylation is 1. The summed E-state index contributed by atoms with van der Waals surface area (Å²) in [6, 6.07) is 37.4. The molecule has 59 heavy (non-hydrogen) atoms. The SMILES string of the molecule is COc1ccc(CN)cc1.COc1ccc(CNC(=O)C2=CC[C@@](CO[C@H](C)c3cc(C)cc(C(F)(F)F)c3)(c3ccccc3)N(C(=O)OCc3ccccc3)C2)cc1. The highest BCUT2D eigenvalue weighted by atomic mass is 19.4. The van der Waals surface area contributed by atoms with E-state index in [2.05, 4.69) is 5.32 Å². The zero-order valence-electron chi connectivity index (χ0n) is 33.6. The fourth-order valence-electron chi connectivity index (χ4n) is 6.60. The summed E-state index contributed by atoms with van der Waals surface area (Å²) in [6.45, 7) is 3.98. The van der Waals surface area contributed by atoms with Crippen LogP contribution in [0, 0.1) is 6.92 Å². The molecule has 2 atom stereocenters. The summed E-state index contributed by atoms with van der Waals surface area (Å²) < 4.78 is 63.3. The number of ether oxygens (including phenoxy) is 4. The van der Waals surface area contributed by atoms with Crippen LogP contribution in [0.3, 0.4) is 0 Å². The van der Waals surface area contributed by atoms with Crippen LogP contribution in [0.1, 0.15) is 58.4 Å². The minimum absolute atomic E-state index is 0.00449. The Labute approximate surface area is 343 Å². The fourth-order valence-corrected chi connectivity index (χ4v) is 6.60. The van der Waals surface area contributed by atoms with Gasteiger partial charge in [-0.05, 0) is 84.5 Å². The van der Waals surface area contributed by atoms with E-state index in [-0.39, 0.29) is 38.6 Å². The minimum Gasteiger partial charge on any atom is -0.497 e. The molecule has 9 nitrogen and oxygen atoms in total. The van der Waals surface area contributed by atoms with Crippen LogP contribution in [0.4, 0.5) is 18.0 Å². The highest BCUT2D eigenvalue weighted by Crippen LogP contribution is 2.40. The predicted octanol–water partition coefficient (Wildman–Crippen LogP) is 9.43. The standard InChI is InChI=1S/C39H39F3N2O5.C8H11NO/c1-27-20-32(22-34(21-27)39(40,41)42)28(2)49-26-38(33-12-8-5-9-13-33)19-18-31(36(45)43-23-29-14-16-35(47-3)17-15-29)24-44(38)37(46)48-25-30-10-6-4-7-11-30;1-10-8-4-2-7(6-9)3-5-8/h4-18,20-22,28H,19,23-26H2,1-3H3,(H,43,45);2-5H,6,9H2,1H3/t28-,38-;/m1./s1. The Morgan fingerprint density at radius 1 is 0.814 bits per heavy atom. The molecule has 3 N–H and O–H groups in total. The lowest BCUT2D eigenvalue weighted by Gasteiger charge is -2.46. The molecule has 0 spiro atoms. The molecule has 1 heterocycles. The number of nitrogens with two attached hydrogens (primary N) is 1. The number of methoxy groups -OCH3 is 2. The van der Waals surface area contributed by atoms with E-state index in [9.17, 15) is 22.8 Å². The molecule has 0 aliphatic carbocycles. The van der Waals surface area contributed by atoms with E-state index >= 15 is 0 Å². The molecule has 0 fully saturated rings. The number of nitrogens with one attached hydrogen (secondary N) is 1. The summed E-state index contributed by atoms with van der Waals surface area (Å²) in [7, 11) is 3.23. The van der Waals surface area contributed by atoms with Crippen molar-refractivity contribution in [1.29, 1.82) is 0 Å². The number of hydrogen-bond donors (Lipinski definition) is 2. The van der Waals surface area contributed by atoms with Gasteiger partial charge in [-0.1, -0.05) is 103 Å². The molecule has 12 heteroatoms. The van der Waals surface area contributed by atoms with Gasteiger partial charge < -0.3 is 30.0 Å². The lowest BCUT2D eigenvalue weighted by atomic mass is 9.81. The first-order chi connectivity index (χ1) is 28.3. The van der Waals surface area contributed by atoms with Gasteiger partial charge in [0.2, 0.25) is 5.91 Å². The summed E-state index contributed by atoms with van der Waals surface area (Å²) in [5, 5.41) is 2.94. The topological polar surface area (TPSA) is 112 Å². The number of hydrogen-bond acceptors (Lipinski definition) is 7. The molecule has 2 amide bonds. The zero-order valence-corrected chi connectivity index (χ0v) is 33.6. The number of rotatable bonds is 13. The van der Waals surface area contributed by atoms with Crippen molar-refractivity contribution in [2.45, 2.75) is 57.8 Å². The largest absolute Gasteiger partial charge is 0.497 e. The maximum Gasteiger partial charge on any atom is 0.416 e. The van der Waals surface area contributed by atoms with Crippen molar-refractivity contribution in [3.63, 3.8) is 0 Å². The number of nitrogens with zero attached hydrogens (tertiary/aromatic N) is 1. The number of alkyl halides is 3. The van der Waals surface area contributed by atoms with Crippen LogP contribution in [-0.4, -0.2) is 44.3 Å². The van der Waals surface area contributed by atoms with Crippen molar-refractivity contribution >= 4 is 12.0 Å². The molecule has 0 saturated heterocycles. The monoisotopic (exact) mass is 809 g/mol. The third-order valence-corrected chi connectivity index (χ3v) is 10.0. The lowest BCUT2D eigenvalue weighted by Crippen LogP contribution is -2.56. The van der Waals surface area contributed by atoms with Gasteiger partial charge in [0, 0.05) is 18.7 Å². The van der Waals surface area contributed by atoms with Gasteiger partial charge in [0.05, 0.1) is 44.6 Å². The van der Waals surface area contributed by atoms with E-state index in [4.69, 9.17) is 24.7 Å². The Balaban J connectivity index is 0.000000578. The molecule has 1 aliphatic heterocycles. The van der Waals surface area contributed by atoms with Gasteiger partial charge in [0.15, 0.2) is 0 Å². The molecule has 0 saturated carbocycles. The Morgan fingerprint density at radius 3 is 1.98 bits per heavy atom. The van der Waals surface area contributed by atoms with E-state index in [1.807, 2.05) is 109 Å². The first kappa shape index (κ1) is 44.0. The normalized spacial score (nSPS) is 15.5. The smallest absolute Gasteiger partial charge is 0.416 e. The molecular formula is C47H50F3N3O6. The molecule has 6 rings (SSSR count). The van der Waals surface area contributed by atoms with Gasteiger partial charge >= 0.3 is 12.3 Å². The summed E-state index contributed by atoms with van der Waals surface area (Å²) in [4.78, 5) is 29.0. The predicted molar refractivity (Wildman–Crippen MR) is 220 cm³/mol. The van der Waals surface area contributed by atoms with Crippen molar-refractivity contribution in [3.8, 4) is 11.5 Å². The quantitative estimate of drug-likeness (QED) is 0.122. The Kier molecular flexibility index (Phi) is 15.3. The molecule has 5 aromatic rings. The van der Waals surface area contributed by atoms with E-state index in [0.717, 1.165) is 40.1 Å². The summed E-state index contributed by atoms with van der Waals surface area (Å²) >= 11 is 0. The Morgan fingerprint density at radius 2 is 1.41 bits per heavy atom. The zero-order chi connectivity index (χ0) is 42.4. The van der Waals surface area contributed by atoms with Crippen molar-refractivity contribution in [2.75, 3.05) is 27.4 Å². The van der Waals surface area contributed by atoms with Gasteiger partial charge in [-0.25, -0.2) is 4.79 Å². The van der Waals surface area contributed by atoms with Crippen LogP contribution in [-0.2, 0) is 45.7 Å². The first-order valence-electron chi connectivity index (χ1n) is 19.1. The molecule has 5 aromatic carbocycles. The van der Waals surface area contributed by atoms with Crippen LogP contribution in [0.2, 0.25) is 0 Å². The number of amides is 2. The Bertz CT molecular complexity index is 2120. The minimum atomic E-state index is -4.51. The van der Waals surface area contributed by atoms with Crippen LogP contribution >= 0.6 is 0 Å². The van der Waals surface area contributed by atoms with Gasteiger partial charge in [0.25, 0.3) is 0 Å². The van der Waals surface area contributed by atoms with Gasteiger partial charge in [-0.2, -0.15) is 13.2 Å². The third kappa shape index (κ3) is 12.0. The summed E-state index contributed by atoms with van der Waals surface area (Å²) in [5.74, 6) is 1.23. The molecule has 310 valence electrons. The molecule has 0 unspecified atom stereocenters. The van der Waals surface area contributed by atoms with Gasteiger partial charge in [-0.3, -0.25) is 9.69 Å². The third-order valence-electron chi connectivity index (χ3n) is 10.0. The highest BCUT2D eigenvalue weighted by molar-refractivity contribution is 5.94. The molecule has 1 aliphatic rings. The Hall–Kier alpha value is -6.11. The van der Waals surface area contributed by atoms with Crippen molar-refractivity contribution in [2.24, 2.45) is 5.73 Å². The van der Waals surface area contributed by atoms with Crippen LogP contribution in [0.25, 0.3) is 0 Å².